The third-order valence-electron chi connectivity index (χ3n) is 7.59. The molecule has 1 saturated heterocycles. The topological polar surface area (TPSA) is 37.8 Å². The largest absolute Gasteiger partial charge is 0.491 e. The van der Waals surface area contributed by atoms with Crippen molar-refractivity contribution < 1.29 is 9.16 Å². The molecule has 1 aromatic heterocycles. The van der Waals surface area contributed by atoms with Gasteiger partial charge in [-0.3, -0.25) is 0 Å². The molecule has 188 valence electrons. The Kier molecular flexibility index (Phi) is 7.84. The van der Waals surface area contributed by atoms with Gasteiger partial charge in [-0.25, -0.2) is 4.98 Å². The molecular formula is C29H41N3O2Si. The summed E-state index contributed by atoms with van der Waals surface area (Å²) < 4.78 is 12.4. The van der Waals surface area contributed by atoms with E-state index in [1.54, 1.807) is 0 Å². The maximum absolute atomic E-state index is 6.27. The van der Waals surface area contributed by atoms with Crippen LogP contribution in [0.5, 0.6) is 5.75 Å². The second kappa shape index (κ2) is 10.7. The molecule has 0 bridgehead atoms. The van der Waals surface area contributed by atoms with E-state index in [0.29, 0.717) is 13.2 Å². The molecule has 1 fully saturated rings. The molecule has 1 aliphatic rings. The summed E-state index contributed by atoms with van der Waals surface area (Å²) in [5.41, 5.74) is 2.06. The van der Waals surface area contributed by atoms with E-state index in [1.807, 2.05) is 6.07 Å². The molecule has 3 aromatic rings. The van der Waals surface area contributed by atoms with Crippen molar-refractivity contribution in [3.63, 3.8) is 0 Å². The highest BCUT2D eigenvalue weighted by Gasteiger charge is 2.36. The van der Waals surface area contributed by atoms with E-state index in [0.717, 1.165) is 55.5 Å². The summed E-state index contributed by atoms with van der Waals surface area (Å²) in [4.78, 5) is 10.1. The summed E-state index contributed by atoms with van der Waals surface area (Å²) in [5.74, 6) is 1.94. The summed E-state index contributed by atoms with van der Waals surface area (Å²) in [6, 6.07) is 19.1. The first-order valence-corrected chi connectivity index (χ1v) is 15.8. The molecule has 0 radical (unpaired) electrons. The van der Waals surface area contributed by atoms with Gasteiger partial charge in [0.1, 0.15) is 18.2 Å². The van der Waals surface area contributed by atoms with Crippen LogP contribution in [0.3, 0.4) is 0 Å². The standard InChI is InChI=1S/C29H41N3O2Si/c1-7-31-15-17-32(18-16-31)28-26-14-9-8-11-23(26)22-27(30-28)24-12-10-13-25(21-24)33-19-20-34-35(5,6)29(2,3)4/h8-14,21-22H,7,15-20H2,1-6H3. The van der Waals surface area contributed by atoms with Gasteiger partial charge in [-0.05, 0) is 48.3 Å². The van der Waals surface area contributed by atoms with Crippen LogP contribution in [0, 0.1) is 0 Å². The minimum absolute atomic E-state index is 0.204. The van der Waals surface area contributed by atoms with Crippen molar-refractivity contribution in [2.24, 2.45) is 0 Å². The van der Waals surface area contributed by atoms with Crippen molar-refractivity contribution in [2.75, 3.05) is 50.8 Å². The van der Waals surface area contributed by atoms with Crippen LogP contribution in [-0.4, -0.2) is 64.1 Å². The van der Waals surface area contributed by atoms with Crippen LogP contribution >= 0.6 is 0 Å². The number of nitrogens with zero attached hydrogens (tertiary/aromatic N) is 3. The lowest BCUT2D eigenvalue weighted by Gasteiger charge is -2.36. The van der Waals surface area contributed by atoms with Crippen LogP contribution in [-0.2, 0) is 4.43 Å². The van der Waals surface area contributed by atoms with Crippen molar-refractivity contribution in [1.82, 2.24) is 9.88 Å². The van der Waals surface area contributed by atoms with Gasteiger partial charge < -0.3 is 19.0 Å². The van der Waals surface area contributed by atoms with Gasteiger partial charge in [0.25, 0.3) is 0 Å². The summed E-state index contributed by atoms with van der Waals surface area (Å²) in [7, 11) is -1.76. The van der Waals surface area contributed by atoms with Crippen LogP contribution in [0.1, 0.15) is 27.7 Å². The number of anilines is 1. The molecule has 0 N–H and O–H groups in total. The van der Waals surface area contributed by atoms with E-state index in [9.17, 15) is 0 Å². The third kappa shape index (κ3) is 6.05. The first kappa shape index (κ1) is 25.7. The smallest absolute Gasteiger partial charge is 0.192 e. The quantitative estimate of drug-likeness (QED) is 0.268. The van der Waals surface area contributed by atoms with Crippen molar-refractivity contribution >= 4 is 24.9 Å². The predicted molar refractivity (Wildman–Crippen MR) is 150 cm³/mol. The van der Waals surface area contributed by atoms with Gasteiger partial charge in [-0.15, -0.1) is 0 Å². The van der Waals surface area contributed by atoms with Crippen LogP contribution in [0.4, 0.5) is 5.82 Å². The maximum Gasteiger partial charge on any atom is 0.192 e. The number of fused-ring (bicyclic) bond motifs is 1. The number of hydrogen-bond acceptors (Lipinski definition) is 5. The van der Waals surface area contributed by atoms with E-state index in [1.165, 1.54) is 10.8 Å². The van der Waals surface area contributed by atoms with Gasteiger partial charge >= 0.3 is 0 Å². The number of pyridine rings is 1. The van der Waals surface area contributed by atoms with Gasteiger partial charge in [0, 0.05) is 37.1 Å². The molecule has 0 atom stereocenters. The lowest BCUT2D eigenvalue weighted by molar-refractivity contribution is 0.203. The fourth-order valence-corrected chi connectivity index (χ4v) is 5.29. The molecule has 5 nitrogen and oxygen atoms in total. The Labute approximate surface area is 212 Å². The molecule has 0 unspecified atom stereocenters. The molecule has 35 heavy (non-hydrogen) atoms. The Morgan fingerprint density at radius 3 is 2.37 bits per heavy atom. The molecule has 0 spiro atoms. The highest BCUT2D eigenvalue weighted by Crippen LogP contribution is 2.36. The number of piperazine rings is 1. The molecule has 2 aromatic carbocycles. The Morgan fingerprint density at radius 2 is 1.66 bits per heavy atom. The average molecular weight is 492 g/mol. The normalized spacial score (nSPS) is 15.5. The summed E-state index contributed by atoms with van der Waals surface area (Å²) in [5, 5.41) is 2.64. The molecule has 1 aliphatic heterocycles. The van der Waals surface area contributed by atoms with E-state index in [2.05, 4.69) is 99.1 Å². The summed E-state index contributed by atoms with van der Waals surface area (Å²) in [6.45, 7) is 20.0. The number of likely N-dealkylation sites (N-methyl/N-ethyl adjacent to an activating group) is 1. The van der Waals surface area contributed by atoms with Crippen molar-refractivity contribution in [3.8, 4) is 17.0 Å². The average Bonchev–Trinajstić information content (AvgIpc) is 2.85. The summed E-state index contributed by atoms with van der Waals surface area (Å²) in [6.07, 6.45) is 0. The van der Waals surface area contributed by atoms with E-state index >= 15 is 0 Å². The van der Waals surface area contributed by atoms with E-state index < -0.39 is 8.32 Å². The molecule has 6 heteroatoms. The number of rotatable bonds is 8. The SMILES string of the molecule is CCN1CCN(c2nc(-c3cccc(OCCO[Si](C)(C)C(C)(C)C)c3)cc3ccccc23)CC1. The van der Waals surface area contributed by atoms with Crippen molar-refractivity contribution in [1.29, 1.82) is 0 Å². The fraction of sp³-hybridized carbons (Fsp3) is 0.483. The maximum atomic E-state index is 6.27. The number of ether oxygens (including phenoxy) is 1. The van der Waals surface area contributed by atoms with Crippen LogP contribution in [0.15, 0.2) is 54.6 Å². The zero-order chi connectivity index (χ0) is 25.1. The minimum atomic E-state index is -1.76. The van der Waals surface area contributed by atoms with Crippen molar-refractivity contribution in [3.05, 3.63) is 54.6 Å². The van der Waals surface area contributed by atoms with Crippen molar-refractivity contribution in [2.45, 2.75) is 45.8 Å². The fourth-order valence-electron chi connectivity index (χ4n) is 4.26. The lowest BCUT2D eigenvalue weighted by Crippen LogP contribution is -2.46. The lowest BCUT2D eigenvalue weighted by atomic mass is 10.1. The number of aromatic nitrogens is 1. The summed E-state index contributed by atoms with van der Waals surface area (Å²) >= 11 is 0. The highest BCUT2D eigenvalue weighted by atomic mass is 28.4. The molecule has 0 aliphatic carbocycles. The number of benzene rings is 2. The Morgan fingerprint density at radius 1 is 0.914 bits per heavy atom. The Bertz CT molecular complexity index is 1130. The zero-order valence-corrected chi connectivity index (χ0v) is 23.3. The molecule has 4 rings (SSSR count). The second-order valence-electron chi connectivity index (χ2n) is 11.0. The monoisotopic (exact) mass is 491 g/mol. The molecule has 2 heterocycles. The van der Waals surface area contributed by atoms with Gasteiger partial charge in [0.15, 0.2) is 8.32 Å². The second-order valence-corrected chi connectivity index (χ2v) is 15.8. The van der Waals surface area contributed by atoms with E-state index in [-0.39, 0.29) is 5.04 Å². The van der Waals surface area contributed by atoms with Crippen LogP contribution in [0.25, 0.3) is 22.0 Å². The Balaban J connectivity index is 1.52. The Hall–Kier alpha value is -2.41. The van der Waals surface area contributed by atoms with Gasteiger partial charge in [-0.2, -0.15) is 0 Å². The molecule has 0 saturated carbocycles. The molecule has 0 amide bonds. The van der Waals surface area contributed by atoms with E-state index in [4.69, 9.17) is 14.1 Å². The molecular weight excluding hydrogens is 450 g/mol. The first-order chi connectivity index (χ1) is 16.7. The third-order valence-corrected chi connectivity index (χ3v) is 12.1. The van der Waals surface area contributed by atoms with Gasteiger partial charge in [0.05, 0.1) is 12.3 Å². The first-order valence-electron chi connectivity index (χ1n) is 12.9. The number of hydrogen-bond donors (Lipinski definition) is 0. The zero-order valence-electron chi connectivity index (χ0n) is 22.3. The predicted octanol–water partition coefficient (Wildman–Crippen LogP) is 6.44. The van der Waals surface area contributed by atoms with Gasteiger partial charge in [0.2, 0.25) is 0 Å². The minimum Gasteiger partial charge on any atom is -0.491 e. The highest BCUT2D eigenvalue weighted by molar-refractivity contribution is 6.74. The van der Waals surface area contributed by atoms with Crippen LogP contribution < -0.4 is 9.64 Å². The van der Waals surface area contributed by atoms with Gasteiger partial charge in [-0.1, -0.05) is 64.1 Å². The van der Waals surface area contributed by atoms with Crippen LogP contribution in [0.2, 0.25) is 18.1 Å².